The molecule has 2 aliphatic rings. The van der Waals surface area contributed by atoms with Gasteiger partial charge in [0.15, 0.2) is 0 Å². The first kappa shape index (κ1) is 16.4. The standard InChI is InChI=1S/C19H27FN2O/c1-21-17-8-12-22(13-9-17)18(23)19(10-3-2-4-11-19)15-6-5-7-16(20)14-15/h5-7,14,17,21H,2-4,8-13H2,1H3. The van der Waals surface area contributed by atoms with Crippen molar-refractivity contribution in [3.05, 3.63) is 35.6 Å². The summed E-state index contributed by atoms with van der Waals surface area (Å²) < 4.78 is 13.8. The van der Waals surface area contributed by atoms with E-state index in [1.54, 1.807) is 12.1 Å². The first-order valence-corrected chi connectivity index (χ1v) is 8.88. The minimum atomic E-state index is -0.507. The van der Waals surface area contributed by atoms with Gasteiger partial charge in [-0.05, 0) is 50.4 Å². The third-order valence-electron chi connectivity index (χ3n) is 5.68. The van der Waals surface area contributed by atoms with Gasteiger partial charge in [-0.3, -0.25) is 4.79 Å². The molecular weight excluding hydrogens is 291 g/mol. The summed E-state index contributed by atoms with van der Waals surface area (Å²) in [7, 11) is 1.98. The first-order valence-electron chi connectivity index (χ1n) is 8.88. The summed E-state index contributed by atoms with van der Waals surface area (Å²) in [5.41, 5.74) is 0.366. The molecule has 0 aromatic heterocycles. The number of likely N-dealkylation sites (tertiary alicyclic amines) is 1. The number of hydrogen-bond acceptors (Lipinski definition) is 2. The Balaban J connectivity index is 1.85. The van der Waals surface area contributed by atoms with E-state index >= 15 is 0 Å². The van der Waals surface area contributed by atoms with Gasteiger partial charge in [-0.25, -0.2) is 4.39 Å². The first-order chi connectivity index (χ1) is 11.2. The van der Waals surface area contributed by atoms with Crippen molar-refractivity contribution in [2.24, 2.45) is 0 Å². The number of piperidine rings is 1. The number of carbonyl (C=O) groups is 1. The lowest BCUT2D eigenvalue weighted by Crippen LogP contribution is -2.52. The second-order valence-corrected chi connectivity index (χ2v) is 7.01. The van der Waals surface area contributed by atoms with Crippen molar-refractivity contribution in [3.63, 3.8) is 0 Å². The monoisotopic (exact) mass is 318 g/mol. The Hall–Kier alpha value is -1.42. The Kier molecular flexibility index (Phi) is 5.00. The summed E-state index contributed by atoms with van der Waals surface area (Å²) in [5.74, 6) is -0.0218. The van der Waals surface area contributed by atoms with Crippen LogP contribution >= 0.6 is 0 Å². The molecule has 126 valence electrons. The molecule has 2 fully saturated rings. The number of nitrogens with zero attached hydrogens (tertiary/aromatic N) is 1. The van der Waals surface area contributed by atoms with Crippen LogP contribution in [0.5, 0.6) is 0 Å². The van der Waals surface area contributed by atoms with Crippen molar-refractivity contribution >= 4 is 5.91 Å². The Labute approximate surface area is 138 Å². The fourth-order valence-corrected chi connectivity index (χ4v) is 4.24. The molecule has 1 amide bonds. The number of rotatable bonds is 3. The Bertz CT molecular complexity index is 546. The van der Waals surface area contributed by atoms with Gasteiger partial charge in [0, 0.05) is 19.1 Å². The molecule has 3 rings (SSSR count). The van der Waals surface area contributed by atoms with Crippen LogP contribution in [0.2, 0.25) is 0 Å². The molecular formula is C19H27FN2O. The van der Waals surface area contributed by atoms with Crippen LogP contribution in [0.3, 0.4) is 0 Å². The molecule has 1 N–H and O–H groups in total. The lowest BCUT2D eigenvalue weighted by molar-refractivity contribution is -0.140. The van der Waals surface area contributed by atoms with Crippen LogP contribution in [-0.4, -0.2) is 37.0 Å². The van der Waals surface area contributed by atoms with Crippen LogP contribution in [0.4, 0.5) is 4.39 Å². The predicted molar refractivity (Wildman–Crippen MR) is 89.8 cm³/mol. The van der Waals surface area contributed by atoms with Crippen LogP contribution in [0.15, 0.2) is 24.3 Å². The van der Waals surface area contributed by atoms with E-state index in [2.05, 4.69) is 5.32 Å². The van der Waals surface area contributed by atoms with Gasteiger partial charge >= 0.3 is 0 Å². The summed E-state index contributed by atoms with van der Waals surface area (Å²) >= 11 is 0. The largest absolute Gasteiger partial charge is 0.342 e. The fourth-order valence-electron chi connectivity index (χ4n) is 4.24. The molecule has 1 aromatic carbocycles. The van der Waals surface area contributed by atoms with E-state index in [1.807, 2.05) is 18.0 Å². The summed E-state index contributed by atoms with van der Waals surface area (Å²) in [6.07, 6.45) is 6.97. The summed E-state index contributed by atoms with van der Waals surface area (Å²) in [6.45, 7) is 1.61. The third kappa shape index (κ3) is 3.27. The van der Waals surface area contributed by atoms with E-state index in [0.29, 0.717) is 6.04 Å². The van der Waals surface area contributed by atoms with Crippen molar-refractivity contribution in [3.8, 4) is 0 Å². The highest BCUT2D eigenvalue weighted by atomic mass is 19.1. The second-order valence-electron chi connectivity index (χ2n) is 7.01. The molecule has 0 atom stereocenters. The molecule has 4 heteroatoms. The average molecular weight is 318 g/mol. The van der Waals surface area contributed by atoms with E-state index in [9.17, 15) is 9.18 Å². The highest BCUT2D eigenvalue weighted by molar-refractivity contribution is 5.88. The molecule has 0 bridgehead atoms. The quantitative estimate of drug-likeness (QED) is 0.928. The molecule has 1 saturated carbocycles. The molecule has 1 aliphatic carbocycles. The molecule has 1 saturated heterocycles. The van der Waals surface area contributed by atoms with Gasteiger partial charge in [0.2, 0.25) is 5.91 Å². The van der Waals surface area contributed by atoms with E-state index in [4.69, 9.17) is 0 Å². The lowest BCUT2D eigenvalue weighted by atomic mass is 9.68. The average Bonchev–Trinajstić information content (AvgIpc) is 2.62. The maximum Gasteiger partial charge on any atom is 0.233 e. The van der Waals surface area contributed by atoms with Gasteiger partial charge in [0.25, 0.3) is 0 Å². The number of halogens is 1. The molecule has 1 aromatic rings. The Morgan fingerprint density at radius 2 is 1.91 bits per heavy atom. The number of benzene rings is 1. The van der Waals surface area contributed by atoms with Crippen molar-refractivity contribution in [2.45, 2.75) is 56.4 Å². The predicted octanol–water partition coefficient (Wildman–Crippen LogP) is 3.24. The van der Waals surface area contributed by atoms with Crippen molar-refractivity contribution in [1.29, 1.82) is 0 Å². The zero-order valence-corrected chi connectivity index (χ0v) is 14.0. The minimum absolute atomic E-state index is 0.220. The fraction of sp³-hybridized carbons (Fsp3) is 0.632. The Morgan fingerprint density at radius 1 is 1.22 bits per heavy atom. The van der Waals surface area contributed by atoms with Crippen LogP contribution < -0.4 is 5.32 Å². The van der Waals surface area contributed by atoms with E-state index < -0.39 is 5.41 Å². The summed E-state index contributed by atoms with van der Waals surface area (Å²) in [6, 6.07) is 7.22. The van der Waals surface area contributed by atoms with E-state index in [-0.39, 0.29) is 11.7 Å². The molecule has 3 nitrogen and oxygen atoms in total. The van der Waals surface area contributed by atoms with Gasteiger partial charge in [0.1, 0.15) is 5.82 Å². The highest BCUT2D eigenvalue weighted by Gasteiger charge is 2.44. The van der Waals surface area contributed by atoms with Crippen molar-refractivity contribution < 1.29 is 9.18 Å². The van der Waals surface area contributed by atoms with Crippen molar-refractivity contribution in [1.82, 2.24) is 10.2 Å². The molecule has 23 heavy (non-hydrogen) atoms. The Morgan fingerprint density at radius 3 is 2.52 bits per heavy atom. The SMILES string of the molecule is CNC1CCN(C(=O)C2(c3cccc(F)c3)CCCCC2)CC1. The molecule has 1 heterocycles. The molecule has 0 spiro atoms. The highest BCUT2D eigenvalue weighted by Crippen LogP contribution is 2.41. The summed E-state index contributed by atoms with van der Waals surface area (Å²) in [4.78, 5) is 15.4. The van der Waals surface area contributed by atoms with E-state index in [0.717, 1.165) is 57.2 Å². The third-order valence-corrected chi connectivity index (χ3v) is 5.68. The van der Waals surface area contributed by atoms with Gasteiger partial charge in [-0.1, -0.05) is 31.4 Å². The van der Waals surface area contributed by atoms with Crippen LogP contribution in [-0.2, 0) is 10.2 Å². The lowest BCUT2D eigenvalue weighted by Gasteiger charge is -2.42. The molecule has 1 aliphatic heterocycles. The number of amides is 1. The van der Waals surface area contributed by atoms with Crippen LogP contribution in [0.25, 0.3) is 0 Å². The maximum atomic E-state index is 13.8. The second kappa shape index (κ2) is 7.00. The van der Waals surface area contributed by atoms with Gasteiger partial charge in [-0.2, -0.15) is 0 Å². The zero-order chi connectivity index (χ0) is 16.3. The van der Waals surface area contributed by atoms with Gasteiger partial charge in [0.05, 0.1) is 5.41 Å². The normalized spacial score (nSPS) is 22.1. The molecule has 0 radical (unpaired) electrons. The topological polar surface area (TPSA) is 32.3 Å². The zero-order valence-electron chi connectivity index (χ0n) is 14.0. The minimum Gasteiger partial charge on any atom is -0.342 e. The van der Waals surface area contributed by atoms with Crippen LogP contribution in [0.1, 0.15) is 50.5 Å². The maximum absolute atomic E-state index is 13.8. The van der Waals surface area contributed by atoms with Gasteiger partial charge in [-0.15, -0.1) is 0 Å². The van der Waals surface area contributed by atoms with Gasteiger partial charge < -0.3 is 10.2 Å². The summed E-state index contributed by atoms with van der Waals surface area (Å²) in [5, 5.41) is 3.30. The number of hydrogen-bond donors (Lipinski definition) is 1. The van der Waals surface area contributed by atoms with Crippen molar-refractivity contribution in [2.75, 3.05) is 20.1 Å². The van der Waals surface area contributed by atoms with Crippen LogP contribution in [0, 0.1) is 5.82 Å². The smallest absolute Gasteiger partial charge is 0.233 e. The molecule has 0 unspecified atom stereocenters. The number of nitrogens with one attached hydrogen (secondary N) is 1. The van der Waals surface area contributed by atoms with E-state index in [1.165, 1.54) is 12.5 Å². The number of carbonyl (C=O) groups excluding carboxylic acids is 1.